The fourth-order valence-electron chi connectivity index (χ4n) is 2.81. The van der Waals surface area contributed by atoms with Crippen molar-refractivity contribution in [3.05, 3.63) is 36.1 Å². The number of aryl methyl sites for hydroxylation is 1. The van der Waals surface area contributed by atoms with Crippen LogP contribution < -0.4 is 15.4 Å². The first-order chi connectivity index (χ1) is 12.6. The quantitative estimate of drug-likeness (QED) is 0.752. The van der Waals surface area contributed by atoms with Crippen molar-refractivity contribution in [2.24, 2.45) is 0 Å². The lowest BCUT2D eigenvalue weighted by Gasteiger charge is -2.17. The minimum atomic E-state index is -0.370. The Morgan fingerprint density at radius 2 is 2.19 bits per heavy atom. The predicted molar refractivity (Wildman–Crippen MR) is 98.5 cm³/mol. The molecule has 7 nitrogen and oxygen atoms in total. The third kappa shape index (κ3) is 4.98. The molecular formula is C19H25N3O4. The fourth-order valence-corrected chi connectivity index (χ4v) is 2.81. The molecule has 1 aromatic heterocycles. The van der Waals surface area contributed by atoms with Gasteiger partial charge in [0.1, 0.15) is 24.2 Å². The lowest BCUT2D eigenvalue weighted by atomic mass is 10.2. The van der Waals surface area contributed by atoms with Crippen molar-refractivity contribution in [3.63, 3.8) is 0 Å². The van der Waals surface area contributed by atoms with Crippen LogP contribution in [-0.4, -0.2) is 36.4 Å². The molecule has 140 valence electrons. The first-order valence-corrected chi connectivity index (χ1v) is 8.99. The van der Waals surface area contributed by atoms with Crippen LogP contribution in [-0.2, 0) is 9.53 Å². The number of carbonyl (C=O) groups is 1. The Kier molecular flexibility index (Phi) is 6.12. The van der Waals surface area contributed by atoms with Crippen LogP contribution in [0.2, 0.25) is 0 Å². The SMILES string of the molecule is CC[C@H](Nc1ccc(OC[C@@H]2CCCO2)cc1)C(=O)Nc1cc(C)on1. The van der Waals surface area contributed by atoms with Crippen LogP contribution in [0.15, 0.2) is 34.9 Å². The number of nitrogens with zero attached hydrogens (tertiary/aromatic N) is 1. The zero-order valence-electron chi connectivity index (χ0n) is 15.2. The molecule has 26 heavy (non-hydrogen) atoms. The van der Waals surface area contributed by atoms with Crippen LogP contribution in [0.1, 0.15) is 31.9 Å². The molecular weight excluding hydrogens is 334 g/mol. The van der Waals surface area contributed by atoms with Gasteiger partial charge in [0.05, 0.1) is 6.10 Å². The van der Waals surface area contributed by atoms with E-state index < -0.39 is 0 Å². The summed E-state index contributed by atoms with van der Waals surface area (Å²) >= 11 is 0. The standard InChI is InChI=1S/C19H25N3O4/c1-3-17(19(23)21-18-11-13(2)26-22-18)20-14-6-8-15(9-7-14)25-12-16-5-4-10-24-16/h6-9,11,16-17,20H,3-5,10,12H2,1-2H3,(H,21,22,23)/t16-,17-/m0/s1. The molecule has 1 fully saturated rings. The first kappa shape index (κ1) is 18.3. The fraction of sp³-hybridized carbons (Fsp3) is 0.474. The highest BCUT2D eigenvalue weighted by Gasteiger charge is 2.18. The van der Waals surface area contributed by atoms with Crippen molar-refractivity contribution in [1.82, 2.24) is 5.16 Å². The number of anilines is 2. The van der Waals surface area contributed by atoms with Gasteiger partial charge in [0, 0.05) is 18.4 Å². The molecule has 0 unspecified atom stereocenters. The van der Waals surface area contributed by atoms with Gasteiger partial charge in [-0.25, -0.2) is 0 Å². The number of ether oxygens (including phenoxy) is 2. The maximum absolute atomic E-state index is 12.4. The summed E-state index contributed by atoms with van der Waals surface area (Å²) in [5, 5.41) is 9.76. The smallest absolute Gasteiger partial charge is 0.248 e. The van der Waals surface area contributed by atoms with E-state index in [-0.39, 0.29) is 18.1 Å². The van der Waals surface area contributed by atoms with Gasteiger partial charge in [0.25, 0.3) is 0 Å². The van der Waals surface area contributed by atoms with E-state index >= 15 is 0 Å². The second-order valence-electron chi connectivity index (χ2n) is 6.39. The van der Waals surface area contributed by atoms with Gasteiger partial charge >= 0.3 is 0 Å². The van der Waals surface area contributed by atoms with Gasteiger partial charge in [-0.15, -0.1) is 0 Å². The molecule has 2 atom stereocenters. The van der Waals surface area contributed by atoms with Crippen LogP contribution in [0.3, 0.4) is 0 Å². The van der Waals surface area contributed by atoms with E-state index in [4.69, 9.17) is 14.0 Å². The van der Waals surface area contributed by atoms with E-state index in [1.54, 1.807) is 13.0 Å². The number of rotatable bonds is 8. The van der Waals surface area contributed by atoms with E-state index in [1.807, 2.05) is 31.2 Å². The Balaban J connectivity index is 1.51. The summed E-state index contributed by atoms with van der Waals surface area (Å²) in [5.41, 5.74) is 0.854. The average Bonchev–Trinajstić information content (AvgIpc) is 3.30. The molecule has 0 bridgehead atoms. The summed E-state index contributed by atoms with van der Waals surface area (Å²) in [5.74, 6) is 1.71. The Hall–Kier alpha value is -2.54. The van der Waals surface area contributed by atoms with Crippen LogP contribution >= 0.6 is 0 Å². The number of amides is 1. The largest absolute Gasteiger partial charge is 0.491 e. The first-order valence-electron chi connectivity index (χ1n) is 8.99. The molecule has 0 spiro atoms. The summed E-state index contributed by atoms with van der Waals surface area (Å²) in [7, 11) is 0. The van der Waals surface area contributed by atoms with Crippen molar-refractivity contribution < 1.29 is 18.8 Å². The molecule has 2 N–H and O–H groups in total. The number of nitrogens with one attached hydrogen (secondary N) is 2. The molecule has 7 heteroatoms. The topological polar surface area (TPSA) is 85.6 Å². The molecule has 1 amide bonds. The van der Waals surface area contributed by atoms with E-state index in [9.17, 15) is 4.79 Å². The summed E-state index contributed by atoms with van der Waals surface area (Å²) in [6.45, 7) is 5.13. The number of aromatic nitrogens is 1. The molecule has 0 aliphatic carbocycles. The van der Waals surface area contributed by atoms with Gasteiger partial charge in [0.2, 0.25) is 5.91 Å². The summed E-state index contributed by atoms with van der Waals surface area (Å²) < 4.78 is 16.3. The molecule has 3 rings (SSSR count). The summed E-state index contributed by atoms with van der Waals surface area (Å²) in [6.07, 6.45) is 2.99. The highest BCUT2D eigenvalue weighted by atomic mass is 16.5. The van der Waals surface area contributed by atoms with Gasteiger partial charge in [-0.1, -0.05) is 12.1 Å². The molecule has 1 aliphatic rings. The van der Waals surface area contributed by atoms with E-state index in [1.165, 1.54) is 0 Å². The third-order valence-corrected chi connectivity index (χ3v) is 4.26. The van der Waals surface area contributed by atoms with Crippen molar-refractivity contribution in [1.29, 1.82) is 0 Å². The number of hydrogen-bond acceptors (Lipinski definition) is 6. The second kappa shape index (κ2) is 8.71. The highest BCUT2D eigenvalue weighted by molar-refractivity contribution is 5.95. The molecule has 1 aromatic carbocycles. The minimum absolute atomic E-state index is 0.153. The normalized spacial score (nSPS) is 17.7. The Bertz CT molecular complexity index is 708. The van der Waals surface area contributed by atoms with Gasteiger partial charge in [-0.05, 0) is 50.5 Å². The van der Waals surface area contributed by atoms with Gasteiger partial charge in [0.15, 0.2) is 5.82 Å². The molecule has 2 aromatic rings. The monoisotopic (exact) mass is 359 g/mol. The Labute approximate surface area is 153 Å². The van der Waals surface area contributed by atoms with Crippen LogP contribution in [0.5, 0.6) is 5.75 Å². The van der Waals surface area contributed by atoms with E-state index in [0.717, 1.165) is 30.9 Å². The van der Waals surface area contributed by atoms with E-state index in [2.05, 4.69) is 15.8 Å². The van der Waals surface area contributed by atoms with Gasteiger partial charge in [-0.2, -0.15) is 0 Å². The summed E-state index contributed by atoms with van der Waals surface area (Å²) in [6, 6.07) is 8.91. The average molecular weight is 359 g/mol. The molecule has 2 heterocycles. The lowest BCUT2D eigenvalue weighted by Crippen LogP contribution is -2.34. The van der Waals surface area contributed by atoms with Gasteiger partial charge in [-0.3, -0.25) is 4.79 Å². The highest BCUT2D eigenvalue weighted by Crippen LogP contribution is 2.19. The lowest BCUT2D eigenvalue weighted by molar-refractivity contribution is -0.117. The van der Waals surface area contributed by atoms with Crippen molar-refractivity contribution in [3.8, 4) is 5.75 Å². The molecule has 1 saturated heterocycles. The van der Waals surface area contributed by atoms with Gasteiger partial charge < -0.3 is 24.6 Å². The van der Waals surface area contributed by atoms with Crippen molar-refractivity contribution >= 4 is 17.4 Å². The zero-order valence-corrected chi connectivity index (χ0v) is 15.2. The maximum Gasteiger partial charge on any atom is 0.248 e. The second-order valence-corrected chi connectivity index (χ2v) is 6.39. The molecule has 1 aliphatic heterocycles. The minimum Gasteiger partial charge on any atom is -0.491 e. The maximum atomic E-state index is 12.4. The van der Waals surface area contributed by atoms with E-state index in [0.29, 0.717) is 24.6 Å². The van der Waals surface area contributed by atoms with Crippen molar-refractivity contribution in [2.75, 3.05) is 23.8 Å². The number of hydrogen-bond donors (Lipinski definition) is 2. The van der Waals surface area contributed by atoms with Crippen LogP contribution in [0.4, 0.5) is 11.5 Å². The van der Waals surface area contributed by atoms with Crippen LogP contribution in [0, 0.1) is 6.92 Å². The Morgan fingerprint density at radius 1 is 1.38 bits per heavy atom. The number of carbonyl (C=O) groups excluding carboxylic acids is 1. The molecule has 0 radical (unpaired) electrons. The zero-order chi connectivity index (χ0) is 18.4. The molecule has 0 saturated carbocycles. The third-order valence-electron chi connectivity index (χ3n) is 4.26. The predicted octanol–water partition coefficient (Wildman–Crippen LogP) is 3.37. The van der Waals surface area contributed by atoms with Crippen molar-refractivity contribution in [2.45, 2.75) is 45.3 Å². The number of benzene rings is 1. The Morgan fingerprint density at radius 3 is 2.81 bits per heavy atom. The summed E-state index contributed by atoms with van der Waals surface area (Å²) in [4.78, 5) is 12.4. The van der Waals surface area contributed by atoms with Crippen LogP contribution in [0.25, 0.3) is 0 Å².